The van der Waals surface area contributed by atoms with E-state index in [4.69, 9.17) is 16.7 Å². The van der Waals surface area contributed by atoms with Crippen molar-refractivity contribution < 1.29 is 14.7 Å². The lowest BCUT2D eigenvalue weighted by molar-refractivity contribution is -0.139. The molecule has 1 fully saturated rings. The van der Waals surface area contributed by atoms with E-state index in [0.29, 0.717) is 10.6 Å². The topological polar surface area (TPSA) is 66.4 Å². The van der Waals surface area contributed by atoms with E-state index in [1.165, 1.54) is 0 Å². The number of carbonyl (C=O) groups excluding carboxylic acids is 1. The van der Waals surface area contributed by atoms with E-state index in [1.807, 2.05) is 0 Å². The molecule has 5 heteroatoms. The van der Waals surface area contributed by atoms with E-state index in [9.17, 15) is 9.59 Å². The van der Waals surface area contributed by atoms with Crippen LogP contribution in [0.4, 0.5) is 0 Å². The van der Waals surface area contributed by atoms with Gasteiger partial charge in [0.2, 0.25) is 0 Å². The minimum atomic E-state index is -0.883. The van der Waals surface area contributed by atoms with Gasteiger partial charge in [-0.2, -0.15) is 0 Å². The van der Waals surface area contributed by atoms with E-state index in [2.05, 4.69) is 5.32 Å². The van der Waals surface area contributed by atoms with E-state index in [1.54, 1.807) is 24.3 Å². The Hall–Kier alpha value is -1.55. The Morgan fingerprint density at radius 3 is 2.33 bits per heavy atom. The van der Waals surface area contributed by atoms with E-state index in [0.717, 1.165) is 19.3 Å². The van der Waals surface area contributed by atoms with Crippen LogP contribution in [0.5, 0.6) is 0 Å². The largest absolute Gasteiger partial charge is 0.481 e. The molecule has 1 saturated carbocycles. The fourth-order valence-corrected chi connectivity index (χ4v) is 2.28. The smallest absolute Gasteiger partial charge is 0.305 e. The number of hydrogen-bond acceptors (Lipinski definition) is 2. The highest BCUT2D eigenvalue weighted by Crippen LogP contribution is 2.35. The van der Waals surface area contributed by atoms with Crippen molar-refractivity contribution in [3.8, 4) is 0 Å². The number of carboxylic acid groups (broad SMARTS) is 1. The van der Waals surface area contributed by atoms with Gasteiger partial charge in [-0.25, -0.2) is 0 Å². The quantitative estimate of drug-likeness (QED) is 0.881. The molecule has 0 aromatic heterocycles. The maximum Gasteiger partial charge on any atom is 0.305 e. The maximum atomic E-state index is 12.0. The zero-order chi connectivity index (χ0) is 13.2. The first-order valence-electron chi connectivity index (χ1n) is 5.81. The second kappa shape index (κ2) is 4.98. The molecule has 1 aromatic carbocycles. The number of aliphatic carboxylic acids is 1. The Labute approximate surface area is 110 Å². The highest BCUT2D eigenvalue weighted by Gasteiger charge is 2.40. The standard InChI is InChI=1S/C13H14ClNO3/c14-10-4-2-9(3-5-10)12(18)15-13(6-1-7-13)8-11(16)17/h2-5H,1,6-8H2,(H,15,18)(H,16,17). The molecular formula is C13H14ClNO3. The first-order chi connectivity index (χ1) is 8.51. The summed E-state index contributed by atoms with van der Waals surface area (Å²) in [6, 6.07) is 6.54. The van der Waals surface area contributed by atoms with Gasteiger partial charge in [0.1, 0.15) is 0 Å². The van der Waals surface area contributed by atoms with Gasteiger partial charge in [-0.05, 0) is 43.5 Å². The predicted molar refractivity (Wildman–Crippen MR) is 67.8 cm³/mol. The van der Waals surface area contributed by atoms with Crippen LogP contribution >= 0.6 is 11.6 Å². The fraction of sp³-hybridized carbons (Fsp3) is 0.385. The van der Waals surface area contributed by atoms with E-state index < -0.39 is 11.5 Å². The molecular weight excluding hydrogens is 254 g/mol. The van der Waals surface area contributed by atoms with Gasteiger partial charge in [0.05, 0.1) is 12.0 Å². The lowest BCUT2D eigenvalue weighted by Crippen LogP contribution is -2.54. The molecule has 4 nitrogen and oxygen atoms in total. The number of amides is 1. The van der Waals surface area contributed by atoms with Crippen LogP contribution < -0.4 is 5.32 Å². The van der Waals surface area contributed by atoms with Crippen molar-refractivity contribution in [1.82, 2.24) is 5.32 Å². The number of hydrogen-bond donors (Lipinski definition) is 2. The van der Waals surface area contributed by atoms with Crippen molar-refractivity contribution in [3.63, 3.8) is 0 Å². The van der Waals surface area contributed by atoms with Crippen molar-refractivity contribution >= 4 is 23.5 Å². The van der Waals surface area contributed by atoms with Gasteiger partial charge in [0.25, 0.3) is 5.91 Å². The molecule has 1 aromatic rings. The molecule has 0 bridgehead atoms. The number of nitrogens with one attached hydrogen (secondary N) is 1. The molecule has 2 N–H and O–H groups in total. The van der Waals surface area contributed by atoms with Crippen LogP contribution in [0.1, 0.15) is 36.0 Å². The number of rotatable bonds is 4. The lowest BCUT2D eigenvalue weighted by atomic mass is 9.74. The van der Waals surface area contributed by atoms with Crippen LogP contribution in [-0.4, -0.2) is 22.5 Å². The summed E-state index contributed by atoms with van der Waals surface area (Å²) in [4.78, 5) is 22.8. The second-order valence-corrected chi connectivity index (χ2v) is 5.10. The normalized spacial score (nSPS) is 16.7. The Bertz CT molecular complexity index is 466. The van der Waals surface area contributed by atoms with Gasteiger partial charge in [-0.1, -0.05) is 11.6 Å². The average molecular weight is 268 g/mol. The highest BCUT2D eigenvalue weighted by molar-refractivity contribution is 6.30. The van der Waals surface area contributed by atoms with Gasteiger partial charge >= 0.3 is 5.97 Å². The molecule has 0 spiro atoms. The second-order valence-electron chi connectivity index (χ2n) is 4.67. The fourth-order valence-electron chi connectivity index (χ4n) is 2.15. The summed E-state index contributed by atoms with van der Waals surface area (Å²) in [6.45, 7) is 0. The molecule has 0 saturated heterocycles. The first kappa shape index (κ1) is 12.9. The molecule has 0 radical (unpaired) electrons. The third-order valence-corrected chi connectivity index (χ3v) is 3.54. The molecule has 2 rings (SSSR count). The van der Waals surface area contributed by atoms with Crippen molar-refractivity contribution in [1.29, 1.82) is 0 Å². The monoisotopic (exact) mass is 267 g/mol. The number of benzene rings is 1. The minimum Gasteiger partial charge on any atom is -0.481 e. The molecule has 0 heterocycles. The van der Waals surface area contributed by atoms with Gasteiger partial charge in [-0.3, -0.25) is 9.59 Å². The summed E-state index contributed by atoms with van der Waals surface area (Å²) in [5.74, 6) is -1.13. The summed E-state index contributed by atoms with van der Waals surface area (Å²) in [6.07, 6.45) is 2.37. The van der Waals surface area contributed by atoms with Gasteiger partial charge < -0.3 is 10.4 Å². The summed E-state index contributed by atoms with van der Waals surface area (Å²) in [7, 11) is 0. The van der Waals surface area contributed by atoms with Crippen LogP contribution in [-0.2, 0) is 4.79 Å². The van der Waals surface area contributed by atoms with Crippen molar-refractivity contribution in [2.75, 3.05) is 0 Å². The van der Waals surface area contributed by atoms with Gasteiger partial charge in [0, 0.05) is 10.6 Å². The van der Waals surface area contributed by atoms with Crippen molar-refractivity contribution in [2.45, 2.75) is 31.2 Å². The SMILES string of the molecule is O=C(O)CC1(NC(=O)c2ccc(Cl)cc2)CCC1. The van der Waals surface area contributed by atoms with Crippen LogP contribution in [0, 0.1) is 0 Å². The molecule has 1 aliphatic rings. The van der Waals surface area contributed by atoms with Crippen molar-refractivity contribution in [3.05, 3.63) is 34.9 Å². The summed E-state index contributed by atoms with van der Waals surface area (Å²) in [5.41, 5.74) is -0.0706. The zero-order valence-electron chi connectivity index (χ0n) is 9.78. The number of carboxylic acids is 1. The maximum absolute atomic E-state index is 12.0. The Balaban J connectivity index is 2.06. The number of halogens is 1. The Morgan fingerprint density at radius 2 is 1.89 bits per heavy atom. The van der Waals surface area contributed by atoms with E-state index in [-0.39, 0.29) is 12.3 Å². The molecule has 1 amide bonds. The minimum absolute atomic E-state index is 0.0215. The lowest BCUT2D eigenvalue weighted by Gasteiger charge is -2.41. The molecule has 18 heavy (non-hydrogen) atoms. The van der Waals surface area contributed by atoms with Crippen LogP contribution in [0.2, 0.25) is 5.02 Å². The molecule has 0 unspecified atom stereocenters. The third kappa shape index (κ3) is 2.82. The zero-order valence-corrected chi connectivity index (χ0v) is 10.5. The van der Waals surface area contributed by atoms with Crippen LogP contribution in [0.3, 0.4) is 0 Å². The summed E-state index contributed by atoms with van der Waals surface area (Å²) in [5, 5.41) is 12.3. The van der Waals surface area contributed by atoms with Gasteiger partial charge in [0.15, 0.2) is 0 Å². The molecule has 0 aliphatic heterocycles. The van der Waals surface area contributed by atoms with Crippen molar-refractivity contribution in [2.24, 2.45) is 0 Å². The third-order valence-electron chi connectivity index (χ3n) is 3.29. The first-order valence-corrected chi connectivity index (χ1v) is 6.18. The molecule has 0 atom stereocenters. The Kier molecular flexibility index (Phi) is 3.57. The van der Waals surface area contributed by atoms with E-state index >= 15 is 0 Å². The highest BCUT2D eigenvalue weighted by atomic mass is 35.5. The number of carbonyl (C=O) groups is 2. The molecule has 1 aliphatic carbocycles. The molecule has 96 valence electrons. The predicted octanol–water partition coefficient (Wildman–Crippen LogP) is 2.47. The van der Waals surface area contributed by atoms with Crippen LogP contribution in [0.15, 0.2) is 24.3 Å². The van der Waals surface area contributed by atoms with Gasteiger partial charge in [-0.15, -0.1) is 0 Å². The average Bonchev–Trinajstić information content (AvgIpc) is 2.26. The summed E-state index contributed by atoms with van der Waals surface area (Å²) < 4.78 is 0. The summed E-state index contributed by atoms with van der Waals surface area (Å²) >= 11 is 5.75. The van der Waals surface area contributed by atoms with Crippen LogP contribution in [0.25, 0.3) is 0 Å². The Morgan fingerprint density at radius 1 is 1.28 bits per heavy atom.